The van der Waals surface area contributed by atoms with Gasteiger partial charge in [0.15, 0.2) is 0 Å². The van der Waals surface area contributed by atoms with E-state index >= 15 is 0 Å². The fourth-order valence-corrected chi connectivity index (χ4v) is 2.46. The van der Waals surface area contributed by atoms with Crippen molar-refractivity contribution < 1.29 is 9.53 Å². The van der Waals surface area contributed by atoms with Crippen molar-refractivity contribution >= 4 is 34.8 Å². The summed E-state index contributed by atoms with van der Waals surface area (Å²) in [5, 5.41) is 15.7. The maximum atomic E-state index is 12.1. The van der Waals surface area contributed by atoms with Gasteiger partial charge in [0.1, 0.15) is 17.4 Å². The molecule has 134 valence electrons. The van der Waals surface area contributed by atoms with Crippen LogP contribution in [0.15, 0.2) is 54.2 Å². The van der Waals surface area contributed by atoms with Gasteiger partial charge in [0, 0.05) is 17.8 Å². The van der Waals surface area contributed by atoms with Crippen molar-refractivity contribution in [2.75, 3.05) is 19.0 Å². The third-order valence-corrected chi connectivity index (χ3v) is 4.09. The fraction of sp³-hybridized carbons (Fsp3) is 0.158. The first kappa shape index (κ1) is 19.6. The first-order valence-corrected chi connectivity index (χ1v) is 8.52. The highest BCUT2D eigenvalue weighted by Gasteiger charge is 2.09. The lowest BCUT2D eigenvalue weighted by Crippen LogP contribution is -2.27. The highest BCUT2D eigenvalue weighted by Crippen LogP contribution is 2.25. The molecule has 0 saturated carbocycles. The number of carbonyl (C=O) groups is 1. The van der Waals surface area contributed by atoms with E-state index in [1.807, 2.05) is 30.3 Å². The summed E-state index contributed by atoms with van der Waals surface area (Å²) in [7, 11) is 1.61. The number of carbonyl (C=O) groups excluding carboxylic acids is 1. The predicted octanol–water partition coefficient (Wildman–Crippen LogP) is 4.18. The van der Waals surface area contributed by atoms with Crippen LogP contribution in [0.2, 0.25) is 10.0 Å². The zero-order valence-corrected chi connectivity index (χ0v) is 15.6. The average molecular weight is 390 g/mol. The van der Waals surface area contributed by atoms with Gasteiger partial charge in [-0.2, -0.15) is 5.26 Å². The molecule has 2 aromatic carbocycles. The van der Waals surface area contributed by atoms with Gasteiger partial charge in [-0.1, -0.05) is 35.3 Å². The summed E-state index contributed by atoms with van der Waals surface area (Å²) >= 11 is 11.9. The maximum absolute atomic E-state index is 12.1. The van der Waals surface area contributed by atoms with Gasteiger partial charge in [0.25, 0.3) is 5.91 Å². The smallest absolute Gasteiger partial charge is 0.263 e. The van der Waals surface area contributed by atoms with Gasteiger partial charge in [0.05, 0.1) is 17.8 Å². The van der Waals surface area contributed by atoms with Gasteiger partial charge in [-0.3, -0.25) is 4.79 Å². The molecule has 0 saturated heterocycles. The van der Waals surface area contributed by atoms with Gasteiger partial charge in [-0.05, 0) is 42.3 Å². The standard InChI is InChI=1S/C19H17Cl2N3O2/c1-26-16-5-2-13(3-6-16)8-9-23-19(25)14(11-22)12-24-18-10-15(20)4-7-17(18)21/h2-7,10,12,24H,8-9H2,1H3,(H,23,25)/b14-12-. The molecule has 2 rings (SSSR count). The molecule has 0 aliphatic carbocycles. The van der Waals surface area contributed by atoms with Crippen molar-refractivity contribution in [3.63, 3.8) is 0 Å². The second-order valence-corrected chi connectivity index (χ2v) is 6.14. The molecule has 26 heavy (non-hydrogen) atoms. The van der Waals surface area contributed by atoms with Gasteiger partial charge in [0.2, 0.25) is 0 Å². The third-order valence-electron chi connectivity index (χ3n) is 3.52. The van der Waals surface area contributed by atoms with E-state index in [1.54, 1.807) is 25.3 Å². The molecule has 2 aromatic rings. The number of nitriles is 1. The molecule has 0 atom stereocenters. The number of hydrogen-bond acceptors (Lipinski definition) is 4. The highest BCUT2D eigenvalue weighted by molar-refractivity contribution is 6.35. The van der Waals surface area contributed by atoms with Crippen molar-refractivity contribution in [3.05, 3.63) is 69.8 Å². The monoisotopic (exact) mass is 389 g/mol. The Labute approximate surface area is 162 Å². The second kappa shape index (κ2) is 9.71. The molecule has 2 N–H and O–H groups in total. The Balaban J connectivity index is 1.91. The largest absolute Gasteiger partial charge is 0.497 e. The number of rotatable bonds is 7. The number of amides is 1. The molecule has 1 amide bonds. The summed E-state index contributed by atoms with van der Waals surface area (Å²) in [4.78, 5) is 12.1. The number of halogens is 2. The van der Waals surface area contributed by atoms with Gasteiger partial charge in [-0.25, -0.2) is 0 Å². The molecule has 0 bridgehead atoms. The van der Waals surface area contributed by atoms with Crippen molar-refractivity contribution in [2.45, 2.75) is 6.42 Å². The van der Waals surface area contributed by atoms with Crippen LogP contribution in [0.5, 0.6) is 5.75 Å². The lowest BCUT2D eigenvalue weighted by atomic mass is 10.1. The van der Waals surface area contributed by atoms with E-state index in [9.17, 15) is 10.1 Å². The molecule has 5 nitrogen and oxygen atoms in total. The second-order valence-electron chi connectivity index (χ2n) is 5.29. The number of nitrogens with zero attached hydrogens (tertiary/aromatic N) is 1. The van der Waals surface area contributed by atoms with Crippen LogP contribution in [0.4, 0.5) is 5.69 Å². The van der Waals surface area contributed by atoms with Crippen LogP contribution in [0.3, 0.4) is 0 Å². The highest BCUT2D eigenvalue weighted by atomic mass is 35.5. The van der Waals surface area contributed by atoms with E-state index < -0.39 is 5.91 Å². The molecule has 0 spiro atoms. The third kappa shape index (κ3) is 5.69. The molecule has 0 unspecified atom stereocenters. The van der Waals surface area contributed by atoms with E-state index in [0.29, 0.717) is 28.7 Å². The van der Waals surface area contributed by atoms with Crippen molar-refractivity contribution in [1.82, 2.24) is 5.32 Å². The molecule has 0 aliphatic rings. The summed E-state index contributed by atoms with van der Waals surface area (Å²) in [6.07, 6.45) is 1.95. The van der Waals surface area contributed by atoms with Crippen LogP contribution >= 0.6 is 23.2 Å². The van der Waals surface area contributed by atoms with Crippen LogP contribution in [-0.4, -0.2) is 19.6 Å². The molecular formula is C19H17Cl2N3O2. The summed E-state index contributed by atoms with van der Waals surface area (Å²) in [6.45, 7) is 0.405. The quantitative estimate of drug-likeness (QED) is 0.550. The van der Waals surface area contributed by atoms with Crippen molar-refractivity contribution in [3.8, 4) is 11.8 Å². The first-order chi connectivity index (χ1) is 12.5. The lowest BCUT2D eigenvalue weighted by molar-refractivity contribution is -0.117. The van der Waals surface area contributed by atoms with Gasteiger partial charge >= 0.3 is 0 Å². The van der Waals surface area contributed by atoms with Crippen LogP contribution in [0, 0.1) is 11.3 Å². The van der Waals surface area contributed by atoms with Crippen LogP contribution in [-0.2, 0) is 11.2 Å². The van der Waals surface area contributed by atoms with Crippen LogP contribution < -0.4 is 15.4 Å². The SMILES string of the molecule is COc1ccc(CCNC(=O)/C(C#N)=C\Nc2cc(Cl)ccc2Cl)cc1. The lowest BCUT2D eigenvalue weighted by Gasteiger charge is -2.07. The molecule has 0 aromatic heterocycles. The maximum Gasteiger partial charge on any atom is 0.263 e. The average Bonchev–Trinajstić information content (AvgIpc) is 2.65. The molecule has 7 heteroatoms. The zero-order chi connectivity index (χ0) is 18.9. The van der Waals surface area contributed by atoms with E-state index in [-0.39, 0.29) is 5.57 Å². The van der Waals surface area contributed by atoms with E-state index in [0.717, 1.165) is 11.3 Å². The number of nitrogens with one attached hydrogen (secondary N) is 2. The minimum Gasteiger partial charge on any atom is -0.497 e. The predicted molar refractivity (Wildman–Crippen MR) is 103 cm³/mol. The Morgan fingerprint density at radius 3 is 2.62 bits per heavy atom. The molecular weight excluding hydrogens is 373 g/mol. The summed E-state index contributed by atoms with van der Waals surface area (Å²) < 4.78 is 5.10. The van der Waals surface area contributed by atoms with Crippen LogP contribution in [0.25, 0.3) is 0 Å². The van der Waals surface area contributed by atoms with Crippen molar-refractivity contribution in [1.29, 1.82) is 5.26 Å². The number of anilines is 1. The molecule has 0 fully saturated rings. The summed E-state index contributed by atoms with van der Waals surface area (Å²) in [5.41, 5.74) is 1.51. The summed E-state index contributed by atoms with van der Waals surface area (Å²) in [6, 6.07) is 14.3. The minimum atomic E-state index is -0.466. The Bertz CT molecular complexity index is 843. The Kier molecular flexibility index (Phi) is 7.34. The van der Waals surface area contributed by atoms with Crippen LogP contribution in [0.1, 0.15) is 5.56 Å². The molecule has 0 heterocycles. The zero-order valence-electron chi connectivity index (χ0n) is 14.1. The van der Waals surface area contributed by atoms with Crippen molar-refractivity contribution in [2.24, 2.45) is 0 Å². The minimum absolute atomic E-state index is 0.0595. The first-order valence-electron chi connectivity index (χ1n) is 7.76. The van der Waals surface area contributed by atoms with E-state index in [4.69, 9.17) is 27.9 Å². The Morgan fingerprint density at radius 2 is 1.96 bits per heavy atom. The van der Waals surface area contributed by atoms with E-state index in [2.05, 4.69) is 10.6 Å². The summed E-state index contributed by atoms with van der Waals surface area (Å²) in [5.74, 6) is 0.310. The molecule has 0 aliphatic heterocycles. The Morgan fingerprint density at radius 1 is 1.23 bits per heavy atom. The number of ether oxygens (including phenoxy) is 1. The normalized spacial score (nSPS) is 10.8. The Hall–Kier alpha value is -2.68. The number of methoxy groups -OCH3 is 1. The number of hydrogen-bond donors (Lipinski definition) is 2. The topological polar surface area (TPSA) is 74.1 Å². The fourth-order valence-electron chi connectivity index (χ4n) is 2.11. The van der Waals surface area contributed by atoms with Gasteiger partial charge in [-0.15, -0.1) is 0 Å². The molecule has 0 radical (unpaired) electrons. The number of benzene rings is 2. The van der Waals surface area contributed by atoms with E-state index in [1.165, 1.54) is 6.20 Å². The van der Waals surface area contributed by atoms with Gasteiger partial charge < -0.3 is 15.4 Å².